The fourth-order valence-electron chi connectivity index (χ4n) is 2.09. The lowest BCUT2D eigenvalue weighted by Crippen LogP contribution is -2.41. The van der Waals surface area contributed by atoms with Gasteiger partial charge in [0.25, 0.3) is 11.8 Å². The first-order valence-corrected chi connectivity index (χ1v) is 7.62. The van der Waals surface area contributed by atoms with Crippen LogP contribution in [0.25, 0.3) is 5.69 Å². The highest BCUT2D eigenvalue weighted by atomic mass is 35.5. The number of hydrogen-bond acceptors (Lipinski definition) is 4. The number of aromatic hydroxyl groups is 1. The molecule has 1 heterocycles. The molecule has 7 nitrogen and oxygen atoms in total. The topological polar surface area (TPSA) is 96.3 Å². The number of nitrogens with zero attached hydrogens (tertiary/aromatic N) is 2. The van der Waals surface area contributed by atoms with E-state index in [0.29, 0.717) is 16.3 Å². The van der Waals surface area contributed by atoms with Crippen molar-refractivity contribution in [3.05, 3.63) is 77.1 Å². The second kappa shape index (κ2) is 7.06. The minimum absolute atomic E-state index is 0.208. The second-order valence-corrected chi connectivity index (χ2v) is 5.49. The van der Waals surface area contributed by atoms with Crippen LogP contribution >= 0.6 is 11.6 Å². The Hall–Kier alpha value is -3.32. The summed E-state index contributed by atoms with van der Waals surface area (Å²) >= 11 is 5.75. The van der Waals surface area contributed by atoms with Gasteiger partial charge in [-0.25, -0.2) is 4.68 Å². The molecule has 0 atom stereocenters. The number of aromatic nitrogens is 2. The molecular weight excluding hydrogens is 344 g/mol. The molecule has 25 heavy (non-hydrogen) atoms. The summed E-state index contributed by atoms with van der Waals surface area (Å²) < 4.78 is 1.37. The molecule has 0 bridgehead atoms. The smallest absolute Gasteiger partial charge is 0.294 e. The molecular formula is C17H13ClN4O3. The number of benzene rings is 2. The summed E-state index contributed by atoms with van der Waals surface area (Å²) in [5.41, 5.74) is 5.26. The Labute approximate surface area is 147 Å². The van der Waals surface area contributed by atoms with Gasteiger partial charge in [-0.05, 0) is 36.4 Å². The molecule has 0 aliphatic heterocycles. The molecule has 0 saturated carbocycles. The fraction of sp³-hybridized carbons (Fsp3) is 0. The zero-order chi connectivity index (χ0) is 17.8. The second-order valence-electron chi connectivity index (χ2n) is 5.06. The van der Waals surface area contributed by atoms with Crippen LogP contribution in [0.3, 0.4) is 0 Å². The van der Waals surface area contributed by atoms with E-state index in [9.17, 15) is 14.7 Å². The number of hydrazine groups is 1. The number of carbonyl (C=O) groups excluding carboxylic acids is 2. The van der Waals surface area contributed by atoms with E-state index >= 15 is 0 Å². The van der Waals surface area contributed by atoms with Crippen LogP contribution in [0.15, 0.2) is 60.8 Å². The Balaban J connectivity index is 1.68. The molecule has 0 fully saturated rings. The Morgan fingerprint density at radius 1 is 0.960 bits per heavy atom. The summed E-state index contributed by atoms with van der Waals surface area (Å²) in [5, 5.41) is 14.4. The van der Waals surface area contributed by atoms with Crippen molar-refractivity contribution in [1.29, 1.82) is 0 Å². The molecule has 2 aromatic carbocycles. The number of amides is 2. The summed E-state index contributed by atoms with van der Waals surface area (Å²) in [6, 6.07) is 15.2. The molecule has 0 spiro atoms. The molecule has 0 unspecified atom stereocenters. The standard InChI is InChI=1S/C17H13ClN4O3/c18-12-8-6-11(7-9-12)16(24)19-20-17(25)15-14(23)10-22(21-15)13-4-2-1-3-5-13/h1-10,23H,(H,19,24)(H,20,25). The van der Waals surface area contributed by atoms with Crippen molar-refractivity contribution < 1.29 is 14.7 Å². The predicted octanol–water partition coefficient (Wildman–Crippen LogP) is 2.31. The van der Waals surface area contributed by atoms with E-state index in [2.05, 4.69) is 16.0 Å². The van der Waals surface area contributed by atoms with E-state index in [1.165, 1.54) is 23.0 Å². The van der Waals surface area contributed by atoms with Crippen LogP contribution in [0.2, 0.25) is 5.02 Å². The molecule has 0 aliphatic rings. The number of rotatable bonds is 3. The average molecular weight is 357 g/mol. The maximum absolute atomic E-state index is 12.1. The molecule has 1 aromatic heterocycles. The van der Waals surface area contributed by atoms with Crippen molar-refractivity contribution in [3.8, 4) is 11.4 Å². The number of halogens is 1. The maximum Gasteiger partial charge on any atom is 0.294 e. The highest BCUT2D eigenvalue weighted by molar-refractivity contribution is 6.30. The largest absolute Gasteiger partial charge is 0.504 e. The van der Waals surface area contributed by atoms with Gasteiger partial charge in [0.15, 0.2) is 11.4 Å². The molecule has 126 valence electrons. The zero-order valence-corrected chi connectivity index (χ0v) is 13.6. The van der Waals surface area contributed by atoms with Crippen LogP contribution in [0.4, 0.5) is 0 Å². The molecule has 3 N–H and O–H groups in total. The van der Waals surface area contributed by atoms with Gasteiger partial charge in [-0.15, -0.1) is 0 Å². The number of hydrogen-bond donors (Lipinski definition) is 3. The lowest BCUT2D eigenvalue weighted by Gasteiger charge is -2.06. The van der Waals surface area contributed by atoms with Crippen LogP contribution in [0.1, 0.15) is 20.8 Å². The zero-order valence-electron chi connectivity index (χ0n) is 12.8. The Kier molecular flexibility index (Phi) is 4.67. The molecule has 8 heteroatoms. The summed E-state index contributed by atoms with van der Waals surface area (Å²) in [6.45, 7) is 0. The quantitative estimate of drug-likeness (QED) is 0.627. The number of nitrogens with one attached hydrogen (secondary N) is 2. The fourth-order valence-corrected chi connectivity index (χ4v) is 2.21. The van der Waals surface area contributed by atoms with Crippen molar-refractivity contribution in [2.75, 3.05) is 0 Å². The number of carbonyl (C=O) groups is 2. The Morgan fingerprint density at radius 3 is 2.28 bits per heavy atom. The average Bonchev–Trinajstić information content (AvgIpc) is 3.02. The highest BCUT2D eigenvalue weighted by Crippen LogP contribution is 2.17. The van der Waals surface area contributed by atoms with Gasteiger partial charge in [-0.1, -0.05) is 29.8 Å². The Morgan fingerprint density at radius 2 is 1.60 bits per heavy atom. The first kappa shape index (κ1) is 16.5. The summed E-state index contributed by atoms with van der Waals surface area (Å²) in [4.78, 5) is 24.1. The predicted molar refractivity (Wildman–Crippen MR) is 91.6 cm³/mol. The lowest BCUT2D eigenvalue weighted by molar-refractivity contribution is 0.0842. The summed E-state index contributed by atoms with van der Waals surface area (Å²) in [7, 11) is 0. The van der Waals surface area contributed by atoms with Gasteiger partial charge in [0.1, 0.15) is 0 Å². The minimum atomic E-state index is -0.741. The number of para-hydroxylation sites is 1. The SMILES string of the molecule is O=C(NNC(=O)c1nn(-c2ccccc2)cc1O)c1ccc(Cl)cc1. The van der Waals surface area contributed by atoms with Gasteiger partial charge in [0, 0.05) is 10.6 Å². The molecule has 2 amide bonds. The monoisotopic (exact) mass is 356 g/mol. The van der Waals surface area contributed by atoms with Crippen LogP contribution in [0, 0.1) is 0 Å². The van der Waals surface area contributed by atoms with E-state index in [1.807, 2.05) is 6.07 Å². The molecule has 0 radical (unpaired) electrons. The van der Waals surface area contributed by atoms with Gasteiger partial charge in [0.05, 0.1) is 11.9 Å². The molecule has 3 rings (SSSR count). The first-order valence-electron chi connectivity index (χ1n) is 7.25. The van der Waals surface area contributed by atoms with Crippen molar-refractivity contribution in [3.63, 3.8) is 0 Å². The third kappa shape index (κ3) is 3.78. The third-order valence-corrected chi connectivity index (χ3v) is 3.58. The van der Waals surface area contributed by atoms with Gasteiger partial charge in [0.2, 0.25) is 0 Å². The molecule has 0 aliphatic carbocycles. The molecule has 0 saturated heterocycles. The van der Waals surface area contributed by atoms with E-state index < -0.39 is 11.8 Å². The van der Waals surface area contributed by atoms with Crippen LogP contribution in [-0.4, -0.2) is 26.7 Å². The van der Waals surface area contributed by atoms with Gasteiger partial charge in [-0.3, -0.25) is 20.4 Å². The van der Waals surface area contributed by atoms with E-state index in [4.69, 9.17) is 11.6 Å². The van der Waals surface area contributed by atoms with Crippen molar-refractivity contribution >= 4 is 23.4 Å². The first-order chi connectivity index (χ1) is 12.0. The van der Waals surface area contributed by atoms with E-state index in [-0.39, 0.29) is 11.4 Å². The van der Waals surface area contributed by atoms with Crippen molar-refractivity contribution in [1.82, 2.24) is 20.6 Å². The highest BCUT2D eigenvalue weighted by Gasteiger charge is 2.18. The van der Waals surface area contributed by atoms with Crippen molar-refractivity contribution in [2.24, 2.45) is 0 Å². The van der Waals surface area contributed by atoms with Crippen LogP contribution in [0.5, 0.6) is 5.75 Å². The van der Waals surface area contributed by atoms with E-state index in [1.54, 1.807) is 36.4 Å². The van der Waals surface area contributed by atoms with Crippen LogP contribution in [-0.2, 0) is 0 Å². The third-order valence-electron chi connectivity index (χ3n) is 3.33. The Bertz CT molecular complexity index is 907. The maximum atomic E-state index is 12.1. The van der Waals surface area contributed by atoms with Crippen LogP contribution < -0.4 is 10.9 Å². The minimum Gasteiger partial charge on any atom is -0.504 e. The summed E-state index contributed by atoms with van der Waals surface area (Å²) in [5.74, 6) is -1.57. The summed E-state index contributed by atoms with van der Waals surface area (Å²) in [6.07, 6.45) is 1.31. The normalized spacial score (nSPS) is 10.3. The van der Waals surface area contributed by atoms with Gasteiger partial charge < -0.3 is 5.11 Å². The van der Waals surface area contributed by atoms with Gasteiger partial charge in [-0.2, -0.15) is 5.10 Å². The van der Waals surface area contributed by atoms with E-state index in [0.717, 1.165) is 0 Å². The van der Waals surface area contributed by atoms with Crippen molar-refractivity contribution in [2.45, 2.75) is 0 Å². The lowest BCUT2D eigenvalue weighted by atomic mass is 10.2. The molecule has 3 aromatic rings. The van der Waals surface area contributed by atoms with Gasteiger partial charge >= 0.3 is 0 Å².